The predicted molar refractivity (Wildman–Crippen MR) is 113 cm³/mol. The molecule has 4 rings (SSSR count). The summed E-state index contributed by atoms with van der Waals surface area (Å²) >= 11 is 1.50. The van der Waals surface area contributed by atoms with E-state index in [0.29, 0.717) is 16.9 Å². The topological polar surface area (TPSA) is 73.9 Å². The lowest BCUT2D eigenvalue weighted by Crippen LogP contribution is -1.96. The van der Waals surface area contributed by atoms with Crippen molar-refractivity contribution >= 4 is 11.8 Å². The number of hydrogen-bond acceptors (Lipinski definition) is 7. The van der Waals surface area contributed by atoms with E-state index >= 15 is 0 Å². The maximum Gasteiger partial charge on any atom is 0.247 e. The third-order valence-corrected chi connectivity index (χ3v) is 5.26. The second-order valence-corrected chi connectivity index (χ2v) is 7.79. The summed E-state index contributed by atoms with van der Waals surface area (Å²) in [6.45, 7) is 3.97. The van der Waals surface area contributed by atoms with Crippen LogP contribution in [0.5, 0.6) is 5.75 Å². The largest absolute Gasteiger partial charge is 0.497 e. The molecular formula is C22H20N4O2S. The summed E-state index contributed by atoms with van der Waals surface area (Å²) in [6.07, 6.45) is 0. The molecule has 2 heterocycles. The van der Waals surface area contributed by atoms with Gasteiger partial charge in [-0.05, 0) is 44.2 Å². The van der Waals surface area contributed by atoms with Crippen LogP contribution in [0, 0.1) is 6.92 Å². The zero-order valence-corrected chi connectivity index (χ0v) is 17.2. The number of aryl methyl sites for hydroxylation is 1. The Morgan fingerprint density at radius 3 is 2.41 bits per heavy atom. The average Bonchev–Trinajstić information content (AvgIpc) is 3.24. The molecule has 2 aromatic carbocycles. The zero-order valence-electron chi connectivity index (χ0n) is 16.4. The van der Waals surface area contributed by atoms with Gasteiger partial charge in [-0.15, -0.1) is 10.2 Å². The number of ether oxygens (including phenoxy) is 1. The molecule has 4 aromatic rings. The molecule has 29 heavy (non-hydrogen) atoms. The Labute approximate surface area is 173 Å². The van der Waals surface area contributed by atoms with E-state index in [0.717, 1.165) is 28.3 Å². The molecule has 2 aromatic heterocycles. The van der Waals surface area contributed by atoms with Crippen molar-refractivity contribution in [2.24, 2.45) is 0 Å². The molecule has 0 saturated heterocycles. The zero-order chi connectivity index (χ0) is 20.2. The SMILES string of the molecule is COc1ccc(-c2nnc([C@H](C)Sc3nc(C)cc(-c4ccccc4)n3)o2)cc1. The lowest BCUT2D eigenvalue weighted by Gasteiger charge is -2.08. The van der Waals surface area contributed by atoms with Crippen LogP contribution in [0.3, 0.4) is 0 Å². The van der Waals surface area contributed by atoms with Crippen molar-refractivity contribution in [1.82, 2.24) is 20.2 Å². The molecular weight excluding hydrogens is 384 g/mol. The quantitative estimate of drug-likeness (QED) is 0.316. The molecule has 146 valence electrons. The van der Waals surface area contributed by atoms with E-state index in [-0.39, 0.29) is 5.25 Å². The van der Waals surface area contributed by atoms with Gasteiger partial charge in [0.25, 0.3) is 0 Å². The van der Waals surface area contributed by atoms with Crippen LogP contribution in [0.2, 0.25) is 0 Å². The van der Waals surface area contributed by atoms with Gasteiger partial charge >= 0.3 is 0 Å². The van der Waals surface area contributed by atoms with Crippen LogP contribution < -0.4 is 4.74 Å². The van der Waals surface area contributed by atoms with Crippen LogP contribution in [0.1, 0.15) is 23.8 Å². The van der Waals surface area contributed by atoms with Crippen molar-refractivity contribution in [3.8, 4) is 28.5 Å². The first kappa shape index (κ1) is 19.1. The second kappa shape index (κ2) is 8.45. The molecule has 0 N–H and O–H groups in total. The summed E-state index contributed by atoms with van der Waals surface area (Å²) in [5.74, 6) is 1.79. The molecule has 0 saturated carbocycles. The smallest absolute Gasteiger partial charge is 0.247 e. The fourth-order valence-corrected chi connectivity index (χ4v) is 3.67. The highest BCUT2D eigenvalue weighted by atomic mass is 32.2. The fraction of sp³-hybridized carbons (Fsp3) is 0.182. The van der Waals surface area contributed by atoms with Crippen LogP contribution in [-0.2, 0) is 0 Å². The molecule has 7 heteroatoms. The Hall–Kier alpha value is -3.19. The van der Waals surface area contributed by atoms with Gasteiger partial charge in [0, 0.05) is 16.8 Å². The summed E-state index contributed by atoms with van der Waals surface area (Å²) in [6, 6.07) is 19.6. The van der Waals surface area contributed by atoms with E-state index in [9.17, 15) is 0 Å². The van der Waals surface area contributed by atoms with Gasteiger partial charge in [-0.3, -0.25) is 0 Å². The molecule has 1 atom stereocenters. The number of methoxy groups -OCH3 is 1. The molecule has 6 nitrogen and oxygen atoms in total. The van der Waals surface area contributed by atoms with Crippen molar-refractivity contribution in [1.29, 1.82) is 0 Å². The fourth-order valence-electron chi connectivity index (χ4n) is 2.81. The van der Waals surface area contributed by atoms with Crippen LogP contribution in [0.4, 0.5) is 0 Å². The third-order valence-electron chi connectivity index (χ3n) is 4.31. The Kier molecular flexibility index (Phi) is 5.57. The minimum atomic E-state index is -0.0834. The number of hydrogen-bond donors (Lipinski definition) is 0. The Morgan fingerprint density at radius 1 is 0.931 bits per heavy atom. The Morgan fingerprint density at radius 2 is 1.69 bits per heavy atom. The van der Waals surface area contributed by atoms with Gasteiger partial charge < -0.3 is 9.15 Å². The van der Waals surface area contributed by atoms with E-state index in [4.69, 9.17) is 14.1 Å². The molecule has 0 amide bonds. The van der Waals surface area contributed by atoms with Gasteiger partial charge in [0.05, 0.1) is 18.1 Å². The van der Waals surface area contributed by atoms with E-state index in [1.165, 1.54) is 11.8 Å². The van der Waals surface area contributed by atoms with Gasteiger partial charge in [-0.1, -0.05) is 42.1 Å². The lowest BCUT2D eigenvalue weighted by atomic mass is 10.1. The maximum absolute atomic E-state index is 5.88. The number of benzene rings is 2. The lowest BCUT2D eigenvalue weighted by molar-refractivity contribution is 0.415. The molecule has 0 fully saturated rings. The highest BCUT2D eigenvalue weighted by Gasteiger charge is 2.18. The first-order valence-corrected chi connectivity index (χ1v) is 10.1. The third kappa shape index (κ3) is 4.46. The molecule has 0 unspecified atom stereocenters. The Balaban J connectivity index is 1.53. The minimum absolute atomic E-state index is 0.0834. The number of aromatic nitrogens is 4. The van der Waals surface area contributed by atoms with Crippen molar-refractivity contribution < 1.29 is 9.15 Å². The summed E-state index contributed by atoms with van der Waals surface area (Å²) < 4.78 is 11.1. The van der Waals surface area contributed by atoms with Crippen molar-refractivity contribution in [3.05, 3.63) is 72.2 Å². The normalized spacial score (nSPS) is 12.0. The number of rotatable bonds is 6. The van der Waals surface area contributed by atoms with Crippen LogP contribution in [-0.4, -0.2) is 27.3 Å². The second-order valence-electron chi connectivity index (χ2n) is 6.48. The van der Waals surface area contributed by atoms with Crippen LogP contribution in [0.15, 0.2) is 70.2 Å². The predicted octanol–water partition coefficient (Wildman–Crippen LogP) is 5.36. The average molecular weight is 404 g/mol. The monoisotopic (exact) mass is 404 g/mol. The van der Waals surface area contributed by atoms with Gasteiger partial charge in [0.15, 0.2) is 5.16 Å². The molecule has 0 spiro atoms. The summed E-state index contributed by atoms with van der Waals surface area (Å²) in [5.41, 5.74) is 3.72. The van der Waals surface area contributed by atoms with Gasteiger partial charge in [0.2, 0.25) is 11.8 Å². The summed E-state index contributed by atoms with van der Waals surface area (Å²) in [7, 11) is 1.63. The van der Waals surface area contributed by atoms with Gasteiger partial charge in [-0.25, -0.2) is 9.97 Å². The summed E-state index contributed by atoms with van der Waals surface area (Å²) in [5, 5.41) is 8.98. The van der Waals surface area contributed by atoms with E-state index < -0.39 is 0 Å². The van der Waals surface area contributed by atoms with E-state index in [1.807, 2.05) is 74.5 Å². The molecule has 0 aliphatic heterocycles. The first-order chi connectivity index (χ1) is 14.1. The summed E-state index contributed by atoms with van der Waals surface area (Å²) in [4.78, 5) is 9.26. The van der Waals surface area contributed by atoms with Crippen molar-refractivity contribution in [3.63, 3.8) is 0 Å². The molecule has 0 bridgehead atoms. The van der Waals surface area contributed by atoms with E-state index in [2.05, 4.69) is 15.2 Å². The first-order valence-electron chi connectivity index (χ1n) is 9.18. The Bertz CT molecular complexity index is 1100. The van der Waals surface area contributed by atoms with E-state index in [1.54, 1.807) is 7.11 Å². The van der Waals surface area contributed by atoms with Gasteiger partial charge in [0.1, 0.15) is 5.75 Å². The molecule has 0 aliphatic rings. The van der Waals surface area contributed by atoms with Crippen molar-refractivity contribution in [2.45, 2.75) is 24.3 Å². The van der Waals surface area contributed by atoms with Crippen LogP contribution >= 0.6 is 11.8 Å². The molecule has 0 aliphatic carbocycles. The number of thioether (sulfide) groups is 1. The number of nitrogens with zero attached hydrogens (tertiary/aromatic N) is 4. The standard InChI is InChI=1S/C22H20N4O2S/c1-14-13-19(16-7-5-4-6-8-16)24-22(23-14)29-15(2)20-25-26-21(28-20)17-9-11-18(27-3)12-10-17/h4-13,15H,1-3H3/t15-/m0/s1. The highest BCUT2D eigenvalue weighted by Crippen LogP contribution is 2.34. The minimum Gasteiger partial charge on any atom is -0.497 e. The molecule has 0 radical (unpaired) electrons. The van der Waals surface area contributed by atoms with Crippen LogP contribution in [0.25, 0.3) is 22.7 Å². The maximum atomic E-state index is 5.88. The van der Waals surface area contributed by atoms with Gasteiger partial charge in [-0.2, -0.15) is 0 Å². The highest BCUT2D eigenvalue weighted by molar-refractivity contribution is 7.99. The van der Waals surface area contributed by atoms with Crippen molar-refractivity contribution in [2.75, 3.05) is 7.11 Å².